The van der Waals surface area contributed by atoms with E-state index in [0.717, 1.165) is 24.8 Å². The summed E-state index contributed by atoms with van der Waals surface area (Å²) in [6.45, 7) is 2.35. The van der Waals surface area contributed by atoms with E-state index in [1.54, 1.807) is 13.0 Å². The van der Waals surface area contributed by atoms with Crippen LogP contribution in [-0.2, 0) is 27.7 Å². The Morgan fingerprint density at radius 2 is 1.96 bits per heavy atom. The van der Waals surface area contributed by atoms with Crippen LogP contribution in [0.3, 0.4) is 0 Å². The SMILES string of the molecule is CC(CO)NC(=O)C1CCN(S(=O)(=O)c2ccc3c(c2)CCC3)CC1. The zero-order chi connectivity index (χ0) is 18.0. The number of benzene rings is 1. The second kappa shape index (κ2) is 7.43. The smallest absolute Gasteiger partial charge is 0.243 e. The summed E-state index contributed by atoms with van der Waals surface area (Å²) in [5.41, 5.74) is 2.40. The molecular weight excluding hydrogens is 340 g/mol. The maximum absolute atomic E-state index is 12.9. The lowest BCUT2D eigenvalue weighted by Gasteiger charge is -2.31. The largest absolute Gasteiger partial charge is 0.394 e. The fourth-order valence-corrected chi connectivity index (χ4v) is 5.14. The Morgan fingerprint density at radius 1 is 1.28 bits per heavy atom. The number of hydrogen-bond donors (Lipinski definition) is 2. The molecule has 0 bridgehead atoms. The lowest BCUT2D eigenvalue weighted by Crippen LogP contribution is -2.45. The molecule has 0 aromatic heterocycles. The molecule has 1 aromatic carbocycles. The molecule has 1 saturated heterocycles. The molecule has 6 nitrogen and oxygen atoms in total. The summed E-state index contributed by atoms with van der Waals surface area (Å²) in [5.74, 6) is -0.295. The molecule has 2 N–H and O–H groups in total. The highest BCUT2D eigenvalue weighted by Gasteiger charge is 2.32. The third kappa shape index (κ3) is 3.88. The third-order valence-corrected chi connectivity index (χ3v) is 7.09. The van der Waals surface area contributed by atoms with Crippen LogP contribution in [-0.4, -0.2) is 49.5 Å². The number of amides is 1. The topological polar surface area (TPSA) is 86.7 Å². The average molecular weight is 366 g/mol. The van der Waals surface area contributed by atoms with Gasteiger partial charge in [-0.25, -0.2) is 8.42 Å². The Labute approximate surface area is 149 Å². The standard InChI is InChI=1S/C18H26N2O4S/c1-13(12-21)19-18(22)15-7-9-20(10-8-15)25(23,24)17-6-5-14-3-2-4-16(14)11-17/h5-6,11,13,15,21H,2-4,7-10,12H2,1H3,(H,19,22). The maximum Gasteiger partial charge on any atom is 0.243 e. The van der Waals surface area contributed by atoms with E-state index in [0.29, 0.717) is 30.8 Å². The molecule has 25 heavy (non-hydrogen) atoms. The average Bonchev–Trinajstić information content (AvgIpc) is 3.09. The van der Waals surface area contributed by atoms with Crippen LogP contribution in [0.2, 0.25) is 0 Å². The van der Waals surface area contributed by atoms with Crippen molar-refractivity contribution < 1.29 is 18.3 Å². The van der Waals surface area contributed by atoms with Crippen LogP contribution in [0, 0.1) is 5.92 Å². The van der Waals surface area contributed by atoms with Crippen LogP contribution >= 0.6 is 0 Å². The fourth-order valence-electron chi connectivity index (χ4n) is 3.62. The molecule has 0 radical (unpaired) electrons. The van der Waals surface area contributed by atoms with Gasteiger partial charge in [0.1, 0.15) is 0 Å². The van der Waals surface area contributed by atoms with E-state index in [9.17, 15) is 13.2 Å². The summed E-state index contributed by atoms with van der Waals surface area (Å²) in [5, 5.41) is 11.8. The number of nitrogens with one attached hydrogen (secondary N) is 1. The first-order valence-electron chi connectivity index (χ1n) is 8.95. The van der Waals surface area contributed by atoms with Gasteiger partial charge in [0.25, 0.3) is 0 Å². The molecule has 1 atom stereocenters. The lowest BCUT2D eigenvalue weighted by molar-refractivity contribution is -0.127. The first-order chi connectivity index (χ1) is 11.9. The number of aryl methyl sites for hydroxylation is 2. The molecule has 1 unspecified atom stereocenters. The van der Waals surface area contributed by atoms with Crippen molar-refractivity contribution in [3.05, 3.63) is 29.3 Å². The first kappa shape index (κ1) is 18.4. The van der Waals surface area contributed by atoms with Crippen molar-refractivity contribution in [3.63, 3.8) is 0 Å². The molecule has 0 saturated carbocycles. The molecule has 1 aliphatic carbocycles. The Kier molecular flexibility index (Phi) is 5.46. The van der Waals surface area contributed by atoms with Crippen molar-refractivity contribution >= 4 is 15.9 Å². The van der Waals surface area contributed by atoms with Crippen LogP contribution in [0.15, 0.2) is 23.1 Å². The first-order valence-corrected chi connectivity index (χ1v) is 10.4. The molecule has 0 spiro atoms. The predicted molar refractivity (Wildman–Crippen MR) is 94.6 cm³/mol. The number of aliphatic hydroxyl groups is 1. The van der Waals surface area contributed by atoms with E-state index in [4.69, 9.17) is 5.11 Å². The molecule has 7 heteroatoms. The minimum Gasteiger partial charge on any atom is -0.394 e. The summed E-state index contributed by atoms with van der Waals surface area (Å²) in [7, 11) is -3.50. The van der Waals surface area contributed by atoms with Gasteiger partial charge in [0.15, 0.2) is 0 Å². The van der Waals surface area contributed by atoms with E-state index in [2.05, 4.69) is 5.32 Å². The van der Waals surface area contributed by atoms with Crippen LogP contribution in [0.1, 0.15) is 37.3 Å². The van der Waals surface area contributed by atoms with Gasteiger partial charge in [-0.15, -0.1) is 0 Å². The van der Waals surface area contributed by atoms with Crippen molar-refractivity contribution in [2.45, 2.75) is 50.0 Å². The summed E-state index contributed by atoms with van der Waals surface area (Å²) < 4.78 is 27.2. The van der Waals surface area contributed by atoms with E-state index in [1.807, 2.05) is 12.1 Å². The van der Waals surface area contributed by atoms with Crippen LogP contribution < -0.4 is 5.32 Å². The number of rotatable bonds is 5. The highest BCUT2D eigenvalue weighted by Crippen LogP contribution is 2.28. The quantitative estimate of drug-likeness (QED) is 0.816. The Hall–Kier alpha value is -1.44. The zero-order valence-corrected chi connectivity index (χ0v) is 15.4. The minimum atomic E-state index is -3.50. The van der Waals surface area contributed by atoms with Crippen LogP contribution in [0.25, 0.3) is 0 Å². The lowest BCUT2D eigenvalue weighted by atomic mass is 9.97. The van der Waals surface area contributed by atoms with Crippen molar-refractivity contribution in [1.29, 1.82) is 0 Å². The van der Waals surface area contributed by atoms with Gasteiger partial charge in [0, 0.05) is 25.0 Å². The van der Waals surface area contributed by atoms with Gasteiger partial charge in [-0.2, -0.15) is 4.31 Å². The van der Waals surface area contributed by atoms with E-state index >= 15 is 0 Å². The number of fused-ring (bicyclic) bond motifs is 1. The van der Waals surface area contributed by atoms with Gasteiger partial charge in [-0.1, -0.05) is 6.07 Å². The molecule has 138 valence electrons. The van der Waals surface area contributed by atoms with E-state index in [1.165, 1.54) is 9.87 Å². The van der Waals surface area contributed by atoms with Gasteiger partial charge in [-0.3, -0.25) is 4.79 Å². The van der Waals surface area contributed by atoms with Crippen molar-refractivity contribution in [1.82, 2.24) is 9.62 Å². The Bertz CT molecular complexity index is 739. The summed E-state index contributed by atoms with van der Waals surface area (Å²) in [6, 6.07) is 5.19. The Morgan fingerprint density at radius 3 is 2.64 bits per heavy atom. The second-order valence-electron chi connectivity index (χ2n) is 7.05. The molecule has 3 rings (SSSR count). The molecule has 1 amide bonds. The number of hydrogen-bond acceptors (Lipinski definition) is 4. The number of carbonyl (C=O) groups excluding carboxylic acids is 1. The van der Waals surface area contributed by atoms with Gasteiger partial charge in [-0.05, 0) is 62.3 Å². The molecule has 2 aliphatic rings. The van der Waals surface area contributed by atoms with Crippen LogP contribution in [0.5, 0.6) is 0 Å². The summed E-state index contributed by atoms with van der Waals surface area (Å²) in [6.07, 6.45) is 4.08. The predicted octanol–water partition coefficient (Wildman–Crippen LogP) is 1.07. The van der Waals surface area contributed by atoms with Crippen molar-refractivity contribution in [2.75, 3.05) is 19.7 Å². The second-order valence-corrected chi connectivity index (χ2v) is 8.99. The number of piperidine rings is 1. The Balaban J connectivity index is 1.65. The highest BCUT2D eigenvalue weighted by atomic mass is 32.2. The fraction of sp³-hybridized carbons (Fsp3) is 0.611. The summed E-state index contributed by atoms with van der Waals surface area (Å²) in [4.78, 5) is 12.5. The number of nitrogens with zero attached hydrogens (tertiary/aromatic N) is 1. The van der Waals surface area contributed by atoms with Gasteiger partial charge >= 0.3 is 0 Å². The molecule has 1 aliphatic heterocycles. The minimum absolute atomic E-state index is 0.0999. The zero-order valence-electron chi connectivity index (χ0n) is 14.6. The van der Waals surface area contributed by atoms with Gasteiger partial charge < -0.3 is 10.4 Å². The summed E-state index contributed by atoms with van der Waals surface area (Å²) >= 11 is 0. The van der Waals surface area contributed by atoms with E-state index in [-0.39, 0.29) is 24.5 Å². The molecule has 1 fully saturated rings. The van der Waals surface area contributed by atoms with Gasteiger partial charge in [0.2, 0.25) is 15.9 Å². The number of carbonyl (C=O) groups is 1. The third-order valence-electron chi connectivity index (χ3n) is 5.19. The number of aliphatic hydroxyl groups excluding tert-OH is 1. The van der Waals surface area contributed by atoms with Crippen LogP contribution in [0.4, 0.5) is 0 Å². The monoisotopic (exact) mass is 366 g/mol. The van der Waals surface area contributed by atoms with Gasteiger partial charge in [0.05, 0.1) is 11.5 Å². The molecular formula is C18H26N2O4S. The van der Waals surface area contributed by atoms with Crippen molar-refractivity contribution in [2.24, 2.45) is 5.92 Å². The number of sulfonamides is 1. The van der Waals surface area contributed by atoms with Crippen molar-refractivity contribution in [3.8, 4) is 0 Å². The molecule has 1 heterocycles. The van der Waals surface area contributed by atoms with E-state index < -0.39 is 10.0 Å². The molecule has 1 aromatic rings. The normalized spacial score (nSPS) is 20.2. The highest BCUT2D eigenvalue weighted by molar-refractivity contribution is 7.89. The maximum atomic E-state index is 12.9.